The van der Waals surface area contributed by atoms with Crippen LogP contribution in [0.5, 0.6) is 0 Å². The third-order valence-electron chi connectivity index (χ3n) is 4.62. The Kier molecular flexibility index (Phi) is 7.22. The quantitative estimate of drug-likeness (QED) is 0.738. The molecule has 1 N–H and O–H groups in total. The van der Waals surface area contributed by atoms with E-state index in [0.29, 0.717) is 18.8 Å². The summed E-state index contributed by atoms with van der Waals surface area (Å²) in [5, 5.41) is 2.94. The van der Waals surface area contributed by atoms with Crippen molar-refractivity contribution in [3.05, 3.63) is 54.0 Å². The largest absolute Gasteiger partial charge is 0.461 e. The minimum atomic E-state index is -0.318. The first-order valence-electron chi connectivity index (χ1n) is 9.59. The SMILES string of the molecule is CC(=O)OCc1ccc(CN2CCCN(CC(=O)Nc3ccccc3)CC2)o1. The zero-order chi connectivity index (χ0) is 19.8. The van der Waals surface area contributed by atoms with E-state index in [4.69, 9.17) is 9.15 Å². The van der Waals surface area contributed by atoms with Crippen molar-refractivity contribution < 1.29 is 18.7 Å². The average molecular weight is 385 g/mol. The molecular weight excluding hydrogens is 358 g/mol. The van der Waals surface area contributed by atoms with Crippen LogP contribution in [-0.4, -0.2) is 54.4 Å². The van der Waals surface area contributed by atoms with E-state index in [1.807, 2.05) is 42.5 Å². The zero-order valence-corrected chi connectivity index (χ0v) is 16.2. The third kappa shape index (κ3) is 6.51. The minimum Gasteiger partial charge on any atom is -0.461 e. The summed E-state index contributed by atoms with van der Waals surface area (Å²) in [6.07, 6.45) is 1.000. The van der Waals surface area contributed by atoms with Gasteiger partial charge in [0.2, 0.25) is 5.91 Å². The number of ether oxygens (including phenoxy) is 1. The summed E-state index contributed by atoms with van der Waals surface area (Å²) in [7, 11) is 0. The molecule has 1 aliphatic rings. The van der Waals surface area contributed by atoms with Crippen molar-refractivity contribution in [3.8, 4) is 0 Å². The molecule has 3 rings (SSSR count). The number of benzene rings is 1. The van der Waals surface area contributed by atoms with Gasteiger partial charge in [0, 0.05) is 25.7 Å². The Morgan fingerprint density at radius 3 is 2.50 bits per heavy atom. The molecule has 1 aromatic carbocycles. The van der Waals surface area contributed by atoms with Crippen molar-refractivity contribution >= 4 is 17.6 Å². The molecule has 2 heterocycles. The highest BCUT2D eigenvalue weighted by atomic mass is 16.5. The van der Waals surface area contributed by atoms with Crippen molar-refractivity contribution in [1.29, 1.82) is 0 Å². The van der Waals surface area contributed by atoms with Crippen molar-refractivity contribution in [3.63, 3.8) is 0 Å². The molecular formula is C21H27N3O4. The lowest BCUT2D eigenvalue weighted by Gasteiger charge is -2.20. The number of carbonyl (C=O) groups is 2. The van der Waals surface area contributed by atoms with Crippen LogP contribution >= 0.6 is 0 Å². The number of furan rings is 1. The molecule has 2 aromatic rings. The number of nitrogens with one attached hydrogen (secondary N) is 1. The van der Waals surface area contributed by atoms with Gasteiger partial charge < -0.3 is 14.5 Å². The van der Waals surface area contributed by atoms with Gasteiger partial charge in [-0.25, -0.2) is 0 Å². The number of carbonyl (C=O) groups excluding carboxylic acids is 2. The summed E-state index contributed by atoms with van der Waals surface area (Å²) in [5.41, 5.74) is 0.825. The second-order valence-corrected chi connectivity index (χ2v) is 6.97. The Labute approximate surface area is 165 Å². The van der Waals surface area contributed by atoms with Gasteiger partial charge in [-0.3, -0.25) is 19.4 Å². The number of para-hydroxylation sites is 1. The fraction of sp³-hybridized carbons (Fsp3) is 0.429. The van der Waals surface area contributed by atoms with Crippen LogP contribution in [0, 0.1) is 0 Å². The van der Waals surface area contributed by atoms with Crippen molar-refractivity contribution in [1.82, 2.24) is 9.80 Å². The average Bonchev–Trinajstić information content (AvgIpc) is 3.00. The fourth-order valence-corrected chi connectivity index (χ4v) is 3.24. The second kappa shape index (κ2) is 10.1. The van der Waals surface area contributed by atoms with E-state index in [1.165, 1.54) is 6.92 Å². The predicted octanol–water partition coefficient (Wildman–Crippen LogP) is 2.49. The van der Waals surface area contributed by atoms with Crippen molar-refractivity contribution in [2.75, 3.05) is 38.0 Å². The lowest BCUT2D eigenvalue weighted by molar-refractivity contribution is -0.142. The second-order valence-electron chi connectivity index (χ2n) is 6.97. The molecule has 0 spiro atoms. The van der Waals surface area contributed by atoms with Gasteiger partial charge in [0.1, 0.15) is 18.1 Å². The van der Waals surface area contributed by atoms with Gasteiger partial charge in [0.05, 0.1) is 13.1 Å². The Morgan fingerprint density at radius 2 is 1.71 bits per heavy atom. The zero-order valence-electron chi connectivity index (χ0n) is 16.2. The van der Waals surface area contributed by atoms with E-state index in [-0.39, 0.29) is 18.5 Å². The molecule has 1 fully saturated rings. The van der Waals surface area contributed by atoms with Crippen LogP contribution in [0.25, 0.3) is 0 Å². The van der Waals surface area contributed by atoms with E-state index < -0.39 is 0 Å². The van der Waals surface area contributed by atoms with Crippen LogP contribution in [0.2, 0.25) is 0 Å². The molecule has 28 heavy (non-hydrogen) atoms. The number of rotatable bonds is 7. The van der Waals surface area contributed by atoms with E-state index in [0.717, 1.165) is 44.0 Å². The van der Waals surface area contributed by atoms with E-state index in [1.54, 1.807) is 0 Å². The normalized spacial score (nSPS) is 15.8. The van der Waals surface area contributed by atoms with Crippen LogP contribution in [0.15, 0.2) is 46.9 Å². The van der Waals surface area contributed by atoms with Gasteiger partial charge in [-0.2, -0.15) is 0 Å². The Hall–Kier alpha value is -2.64. The summed E-state index contributed by atoms with van der Waals surface area (Å²) in [5.74, 6) is 1.21. The number of nitrogens with zero attached hydrogens (tertiary/aromatic N) is 2. The summed E-state index contributed by atoms with van der Waals surface area (Å²) in [6, 6.07) is 13.3. The standard InChI is InChI=1S/C21H27N3O4/c1-17(25)27-16-20-9-8-19(28-20)14-23-10-5-11-24(13-12-23)15-21(26)22-18-6-3-2-4-7-18/h2-4,6-9H,5,10-16H2,1H3,(H,22,26). The molecule has 0 saturated carbocycles. The summed E-state index contributed by atoms with van der Waals surface area (Å²) in [6.45, 7) is 6.22. The molecule has 7 nitrogen and oxygen atoms in total. The number of hydrogen-bond donors (Lipinski definition) is 1. The Balaban J connectivity index is 1.43. The van der Waals surface area contributed by atoms with Crippen LogP contribution in [0.4, 0.5) is 5.69 Å². The highest BCUT2D eigenvalue weighted by molar-refractivity contribution is 5.92. The number of anilines is 1. The number of amides is 1. The number of hydrogen-bond acceptors (Lipinski definition) is 6. The van der Waals surface area contributed by atoms with Gasteiger partial charge >= 0.3 is 5.97 Å². The first-order chi connectivity index (χ1) is 13.6. The molecule has 0 radical (unpaired) electrons. The van der Waals surface area contributed by atoms with E-state index >= 15 is 0 Å². The third-order valence-corrected chi connectivity index (χ3v) is 4.62. The number of esters is 1. The molecule has 0 unspecified atom stereocenters. The molecule has 1 aliphatic heterocycles. The van der Waals surface area contributed by atoms with Crippen LogP contribution < -0.4 is 5.32 Å². The highest BCUT2D eigenvalue weighted by Crippen LogP contribution is 2.14. The Bertz CT molecular complexity index is 775. The molecule has 1 amide bonds. The van der Waals surface area contributed by atoms with Crippen molar-refractivity contribution in [2.24, 2.45) is 0 Å². The summed E-state index contributed by atoms with van der Waals surface area (Å²) in [4.78, 5) is 27.7. The van der Waals surface area contributed by atoms with Gasteiger partial charge in [-0.1, -0.05) is 18.2 Å². The highest BCUT2D eigenvalue weighted by Gasteiger charge is 2.18. The minimum absolute atomic E-state index is 0.0146. The predicted molar refractivity (Wildman–Crippen MR) is 106 cm³/mol. The molecule has 150 valence electrons. The first-order valence-corrected chi connectivity index (χ1v) is 9.59. The maximum absolute atomic E-state index is 12.3. The van der Waals surface area contributed by atoms with Crippen LogP contribution in [0.1, 0.15) is 24.9 Å². The molecule has 0 aliphatic carbocycles. The van der Waals surface area contributed by atoms with Gasteiger partial charge in [0.25, 0.3) is 0 Å². The van der Waals surface area contributed by atoms with Gasteiger partial charge in [0.15, 0.2) is 0 Å². The van der Waals surface area contributed by atoms with Crippen LogP contribution in [0.3, 0.4) is 0 Å². The van der Waals surface area contributed by atoms with Crippen LogP contribution in [-0.2, 0) is 27.5 Å². The molecule has 0 atom stereocenters. The topological polar surface area (TPSA) is 75.0 Å². The maximum atomic E-state index is 12.3. The summed E-state index contributed by atoms with van der Waals surface area (Å²) >= 11 is 0. The molecule has 7 heteroatoms. The monoisotopic (exact) mass is 385 g/mol. The van der Waals surface area contributed by atoms with E-state index in [2.05, 4.69) is 15.1 Å². The molecule has 1 saturated heterocycles. The van der Waals surface area contributed by atoms with Gasteiger partial charge in [-0.05, 0) is 43.8 Å². The lowest BCUT2D eigenvalue weighted by atomic mass is 10.3. The molecule has 0 bridgehead atoms. The summed E-state index contributed by atoms with van der Waals surface area (Å²) < 4.78 is 10.7. The Morgan fingerprint density at radius 1 is 1.00 bits per heavy atom. The maximum Gasteiger partial charge on any atom is 0.303 e. The van der Waals surface area contributed by atoms with Gasteiger partial charge in [-0.15, -0.1) is 0 Å². The first kappa shape index (κ1) is 20.1. The smallest absolute Gasteiger partial charge is 0.303 e. The van der Waals surface area contributed by atoms with E-state index in [9.17, 15) is 9.59 Å². The lowest BCUT2D eigenvalue weighted by Crippen LogP contribution is -2.36. The molecule has 1 aromatic heterocycles. The van der Waals surface area contributed by atoms with Crippen molar-refractivity contribution in [2.45, 2.75) is 26.5 Å². The fourth-order valence-electron chi connectivity index (χ4n) is 3.24.